The van der Waals surface area contributed by atoms with Gasteiger partial charge in [-0.15, -0.1) is 0 Å². The number of carboxylic acids is 1. The first-order chi connectivity index (χ1) is 9.82. The molecule has 0 atom stereocenters. The SMILES string of the molecule is CC(C)N(CCCC(=O)O)C(=O)N1CCCN(C)C(=O)C1. The number of carboxylic acid groups (broad SMARTS) is 1. The van der Waals surface area contributed by atoms with E-state index in [2.05, 4.69) is 0 Å². The second-order valence-electron chi connectivity index (χ2n) is 5.66. The van der Waals surface area contributed by atoms with E-state index in [-0.39, 0.29) is 30.9 Å². The van der Waals surface area contributed by atoms with Crippen LogP contribution < -0.4 is 0 Å². The summed E-state index contributed by atoms with van der Waals surface area (Å²) >= 11 is 0. The summed E-state index contributed by atoms with van der Waals surface area (Å²) in [6.45, 7) is 5.48. The maximum absolute atomic E-state index is 12.6. The third-order valence-electron chi connectivity index (χ3n) is 3.60. The normalized spacial score (nSPS) is 16.1. The summed E-state index contributed by atoms with van der Waals surface area (Å²) in [5, 5.41) is 8.69. The molecular formula is C14H25N3O4. The molecule has 1 fully saturated rings. The van der Waals surface area contributed by atoms with Gasteiger partial charge in [0.2, 0.25) is 5.91 Å². The van der Waals surface area contributed by atoms with Gasteiger partial charge in [-0.3, -0.25) is 9.59 Å². The second kappa shape index (κ2) is 7.85. The fourth-order valence-corrected chi connectivity index (χ4v) is 2.31. The number of aliphatic carboxylic acids is 1. The van der Waals surface area contributed by atoms with Crippen LogP contribution in [0.1, 0.15) is 33.1 Å². The number of hydrogen-bond donors (Lipinski definition) is 1. The molecule has 0 unspecified atom stereocenters. The van der Waals surface area contributed by atoms with Gasteiger partial charge < -0.3 is 19.8 Å². The van der Waals surface area contributed by atoms with Crippen LogP contribution in [-0.4, -0.2) is 77.0 Å². The molecule has 0 aliphatic carbocycles. The maximum Gasteiger partial charge on any atom is 0.320 e. The van der Waals surface area contributed by atoms with E-state index in [1.807, 2.05) is 13.8 Å². The molecule has 1 saturated heterocycles. The van der Waals surface area contributed by atoms with Crippen LogP contribution in [-0.2, 0) is 9.59 Å². The van der Waals surface area contributed by atoms with E-state index in [0.29, 0.717) is 26.1 Å². The van der Waals surface area contributed by atoms with E-state index in [4.69, 9.17) is 5.11 Å². The minimum absolute atomic E-state index is 0.0256. The highest BCUT2D eigenvalue weighted by molar-refractivity contribution is 5.84. The molecule has 1 aliphatic heterocycles. The molecule has 21 heavy (non-hydrogen) atoms. The van der Waals surface area contributed by atoms with Gasteiger partial charge in [-0.25, -0.2) is 4.79 Å². The Labute approximate surface area is 125 Å². The zero-order chi connectivity index (χ0) is 16.0. The van der Waals surface area contributed by atoms with Crippen molar-refractivity contribution in [2.45, 2.75) is 39.2 Å². The van der Waals surface area contributed by atoms with Crippen LogP contribution in [0.25, 0.3) is 0 Å². The van der Waals surface area contributed by atoms with E-state index < -0.39 is 5.97 Å². The predicted octanol–water partition coefficient (Wildman–Crippen LogP) is 0.846. The number of amides is 3. The quantitative estimate of drug-likeness (QED) is 0.816. The highest BCUT2D eigenvalue weighted by Gasteiger charge is 2.27. The van der Waals surface area contributed by atoms with Crippen molar-refractivity contribution >= 4 is 17.9 Å². The first kappa shape index (κ1) is 17.3. The molecule has 7 heteroatoms. The van der Waals surface area contributed by atoms with Gasteiger partial charge >= 0.3 is 12.0 Å². The lowest BCUT2D eigenvalue weighted by Gasteiger charge is -2.32. The van der Waals surface area contributed by atoms with Gasteiger partial charge in [-0.1, -0.05) is 0 Å². The first-order valence-corrected chi connectivity index (χ1v) is 7.34. The van der Waals surface area contributed by atoms with Crippen LogP contribution in [0.5, 0.6) is 0 Å². The number of rotatable bonds is 5. The van der Waals surface area contributed by atoms with Gasteiger partial charge in [-0.05, 0) is 26.7 Å². The maximum atomic E-state index is 12.6. The lowest BCUT2D eigenvalue weighted by Crippen LogP contribution is -2.49. The lowest BCUT2D eigenvalue weighted by atomic mass is 10.2. The molecule has 1 N–H and O–H groups in total. The molecule has 1 aliphatic rings. The van der Waals surface area contributed by atoms with Gasteiger partial charge in [-0.2, -0.15) is 0 Å². The van der Waals surface area contributed by atoms with Crippen molar-refractivity contribution < 1.29 is 19.5 Å². The van der Waals surface area contributed by atoms with Crippen molar-refractivity contribution in [3.8, 4) is 0 Å². The molecule has 0 aromatic heterocycles. The molecule has 1 heterocycles. The third-order valence-corrected chi connectivity index (χ3v) is 3.60. The molecule has 120 valence electrons. The molecule has 0 spiro atoms. The van der Waals surface area contributed by atoms with Crippen LogP contribution in [0.3, 0.4) is 0 Å². The summed E-state index contributed by atoms with van der Waals surface area (Å²) in [7, 11) is 1.74. The van der Waals surface area contributed by atoms with Crippen LogP contribution in [0.2, 0.25) is 0 Å². The van der Waals surface area contributed by atoms with Crippen LogP contribution in [0.4, 0.5) is 4.79 Å². The fraction of sp³-hybridized carbons (Fsp3) is 0.786. The first-order valence-electron chi connectivity index (χ1n) is 7.34. The second-order valence-corrected chi connectivity index (χ2v) is 5.66. The monoisotopic (exact) mass is 299 g/mol. The van der Waals surface area contributed by atoms with E-state index in [0.717, 1.165) is 6.42 Å². The number of likely N-dealkylation sites (N-methyl/N-ethyl adjacent to an activating group) is 1. The Morgan fingerprint density at radius 2 is 2.00 bits per heavy atom. The number of carbonyl (C=O) groups excluding carboxylic acids is 2. The van der Waals surface area contributed by atoms with Gasteiger partial charge in [0.15, 0.2) is 0 Å². The lowest BCUT2D eigenvalue weighted by molar-refractivity contribution is -0.137. The van der Waals surface area contributed by atoms with Crippen molar-refractivity contribution in [1.29, 1.82) is 0 Å². The summed E-state index contributed by atoms with van der Waals surface area (Å²) < 4.78 is 0. The summed E-state index contributed by atoms with van der Waals surface area (Å²) in [5.41, 5.74) is 0. The zero-order valence-electron chi connectivity index (χ0n) is 13.0. The summed E-state index contributed by atoms with van der Waals surface area (Å²) in [4.78, 5) is 39.8. The third kappa shape index (κ3) is 5.24. The van der Waals surface area contributed by atoms with Crippen LogP contribution in [0, 0.1) is 0 Å². The van der Waals surface area contributed by atoms with E-state index in [1.54, 1.807) is 21.7 Å². The number of carbonyl (C=O) groups is 3. The predicted molar refractivity (Wildman–Crippen MR) is 77.9 cm³/mol. The summed E-state index contributed by atoms with van der Waals surface area (Å²) in [5.74, 6) is -0.923. The van der Waals surface area contributed by atoms with Crippen molar-refractivity contribution in [1.82, 2.24) is 14.7 Å². The van der Waals surface area contributed by atoms with Crippen LogP contribution in [0.15, 0.2) is 0 Å². The Kier molecular flexibility index (Phi) is 6.45. The highest BCUT2D eigenvalue weighted by atomic mass is 16.4. The van der Waals surface area contributed by atoms with E-state index >= 15 is 0 Å². The van der Waals surface area contributed by atoms with Gasteiger partial charge in [0.25, 0.3) is 0 Å². The molecule has 7 nitrogen and oxygen atoms in total. The van der Waals surface area contributed by atoms with E-state index in [9.17, 15) is 14.4 Å². The Morgan fingerprint density at radius 3 is 2.57 bits per heavy atom. The summed E-state index contributed by atoms with van der Waals surface area (Å²) in [6.07, 6.45) is 1.22. The molecule has 0 aromatic carbocycles. The van der Waals surface area contributed by atoms with Gasteiger partial charge in [0.05, 0.1) is 0 Å². The molecule has 1 rings (SSSR count). The topological polar surface area (TPSA) is 81.2 Å². The highest BCUT2D eigenvalue weighted by Crippen LogP contribution is 2.10. The van der Waals surface area contributed by atoms with Crippen molar-refractivity contribution in [2.75, 3.05) is 33.2 Å². The molecule has 0 bridgehead atoms. The van der Waals surface area contributed by atoms with E-state index in [1.165, 1.54) is 0 Å². The van der Waals surface area contributed by atoms with Crippen molar-refractivity contribution in [2.24, 2.45) is 0 Å². The minimum Gasteiger partial charge on any atom is -0.481 e. The standard InChI is InChI=1S/C14H25N3O4/c1-11(2)17(9-4-6-13(19)20)14(21)16-8-5-7-15(3)12(18)10-16/h11H,4-10H2,1-3H3,(H,19,20). The summed E-state index contributed by atoms with van der Waals surface area (Å²) in [6, 6.07) is -0.207. The largest absolute Gasteiger partial charge is 0.481 e. The smallest absolute Gasteiger partial charge is 0.320 e. The minimum atomic E-state index is -0.863. The molecule has 0 saturated carbocycles. The molecule has 3 amide bonds. The average molecular weight is 299 g/mol. The Balaban J connectivity index is 2.66. The Hall–Kier alpha value is -1.79. The fourth-order valence-electron chi connectivity index (χ4n) is 2.31. The van der Waals surface area contributed by atoms with Gasteiger partial charge in [0.1, 0.15) is 6.54 Å². The molecule has 0 aromatic rings. The van der Waals surface area contributed by atoms with Crippen LogP contribution >= 0.6 is 0 Å². The Bertz CT molecular complexity index is 398. The molecular weight excluding hydrogens is 274 g/mol. The van der Waals surface area contributed by atoms with Crippen molar-refractivity contribution in [3.63, 3.8) is 0 Å². The number of urea groups is 1. The Morgan fingerprint density at radius 1 is 1.33 bits per heavy atom. The van der Waals surface area contributed by atoms with Gasteiger partial charge in [0, 0.05) is 39.1 Å². The van der Waals surface area contributed by atoms with Crippen molar-refractivity contribution in [3.05, 3.63) is 0 Å². The average Bonchev–Trinajstić information content (AvgIpc) is 2.56. The molecule has 0 radical (unpaired) electrons. The zero-order valence-corrected chi connectivity index (χ0v) is 13.0. The number of hydrogen-bond acceptors (Lipinski definition) is 3. The number of nitrogens with zero attached hydrogens (tertiary/aromatic N) is 3.